The maximum atomic E-state index is 13.7. The minimum atomic E-state index is -1.17. The SMILES string of the molecule is COCc1nc(C)c([C@H](OC(C)(C)C)C(=O)O)c(N2CCC(C)(C)CC2)c1-c1ccc2c(c1)CCN(Cc1ccc(F)cc1C)C2. The van der Waals surface area contributed by atoms with Crippen LogP contribution in [0, 0.1) is 25.1 Å². The summed E-state index contributed by atoms with van der Waals surface area (Å²) in [5.41, 5.74) is 9.11. The zero-order valence-corrected chi connectivity index (χ0v) is 28.8. The Morgan fingerprint density at radius 2 is 1.78 bits per heavy atom. The minimum absolute atomic E-state index is 0.202. The summed E-state index contributed by atoms with van der Waals surface area (Å²) in [6, 6.07) is 11.6. The number of ether oxygens (including phenoxy) is 2. The summed E-state index contributed by atoms with van der Waals surface area (Å²) in [6.07, 6.45) is 1.71. The first-order chi connectivity index (χ1) is 21.7. The second-order valence-corrected chi connectivity index (χ2v) is 14.8. The van der Waals surface area contributed by atoms with Gasteiger partial charge in [0.1, 0.15) is 5.82 Å². The van der Waals surface area contributed by atoms with Gasteiger partial charge in [0.25, 0.3) is 0 Å². The molecule has 1 aromatic heterocycles. The predicted octanol–water partition coefficient (Wildman–Crippen LogP) is 7.78. The Morgan fingerprint density at radius 3 is 2.41 bits per heavy atom. The van der Waals surface area contributed by atoms with Crippen molar-refractivity contribution in [2.24, 2.45) is 5.41 Å². The number of carbonyl (C=O) groups is 1. The number of carboxylic acid groups (broad SMARTS) is 1. The molecule has 0 bridgehead atoms. The molecular formula is C38H50FN3O4. The number of hydrogen-bond donors (Lipinski definition) is 1. The lowest BCUT2D eigenvalue weighted by Crippen LogP contribution is -2.39. The zero-order valence-electron chi connectivity index (χ0n) is 28.8. The molecule has 3 aromatic rings. The highest BCUT2D eigenvalue weighted by atomic mass is 19.1. The van der Waals surface area contributed by atoms with Gasteiger partial charge < -0.3 is 19.5 Å². The van der Waals surface area contributed by atoms with E-state index < -0.39 is 17.7 Å². The van der Waals surface area contributed by atoms with E-state index >= 15 is 0 Å². The van der Waals surface area contributed by atoms with E-state index in [1.807, 2.05) is 40.7 Å². The lowest BCUT2D eigenvalue weighted by atomic mass is 9.81. The highest BCUT2D eigenvalue weighted by Gasteiger charge is 2.37. The number of rotatable bonds is 9. The van der Waals surface area contributed by atoms with E-state index in [0.29, 0.717) is 17.9 Å². The van der Waals surface area contributed by atoms with Crippen LogP contribution in [0.1, 0.15) is 92.8 Å². The summed E-state index contributed by atoms with van der Waals surface area (Å²) in [6.45, 7) is 18.5. The minimum Gasteiger partial charge on any atom is -0.479 e. The van der Waals surface area contributed by atoms with E-state index in [1.165, 1.54) is 17.2 Å². The lowest BCUT2D eigenvalue weighted by molar-refractivity contribution is -0.160. The van der Waals surface area contributed by atoms with Crippen LogP contribution in [0.25, 0.3) is 11.1 Å². The van der Waals surface area contributed by atoms with Crippen molar-refractivity contribution < 1.29 is 23.8 Å². The van der Waals surface area contributed by atoms with E-state index in [0.717, 1.165) is 85.6 Å². The van der Waals surface area contributed by atoms with Crippen molar-refractivity contribution >= 4 is 11.7 Å². The normalized spacial score (nSPS) is 17.5. The maximum Gasteiger partial charge on any atom is 0.337 e. The first-order valence-electron chi connectivity index (χ1n) is 16.4. The van der Waals surface area contributed by atoms with Crippen LogP contribution in [0.2, 0.25) is 0 Å². The zero-order chi connectivity index (χ0) is 33.4. The van der Waals surface area contributed by atoms with Crippen LogP contribution in [0.5, 0.6) is 0 Å². The molecule has 0 unspecified atom stereocenters. The van der Waals surface area contributed by atoms with Gasteiger partial charge in [-0.3, -0.25) is 9.88 Å². The van der Waals surface area contributed by atoms with Crippen molar-refractivity contribution in [3.05, 3.63) is 81.4 Å². The molecule has 1 N–H and O–H groups in total. The second kappa shape index (κ2) is 13.4. The van der Waals surface area contributed by atoms with E-state index in [-0.39, 0.29) is 11.2 Å². The lowest BCUT2D eigenvalue weighted by Gasteiger charge is -2.41. The Labute approximate surface area is 273 Å². The molecule has 1 atom stereocenters. The summed E-state index contributed by atoms with van der Waals surface area (Å²) in [5.74, 6) is -1.22. The van der Waals surface area contributed by atoms with Crippen LogP contribution in [0.4, 0.5) is 10.1 Å². The number of pyridine rings is 1. The molecule has 1 saturated heterocycles. The Bertz CT molecular complexity index is 1590. The first-order valence-corrected chi connectivity index (χ1v) is 16.4. The molecule has 7 nitrogen and oxygen atoms in total. The molecule has 2 aliphatic rings. The monoisotopic (exact) mass is 631 g/mol. The summed E-state index contributed by atoms with van der Waals surface area (Å²) in [4.78, 5) is 22.7. The second-order valence-electron chi connectivity index (χ2n) is 14.8. The molecule has 5 rings (SSSR count). The van der Waals surface area contributed by atoms with Gasteiger partial charge in [-0.05, 0) is 99.2 Å². The molecular weight excluding hydrogens is 581 g/mol. The smallest absolute Gasteiger partial charge is 0.337 e. The molecule has 2 aliphatic heterocycles. The fourth-order valence-electron chi connectivity index (χ4n) is 6.85. The Balaban J connectivity index is 1.61. The van der Waals surface area contributed by atoms with Crippen molar-refractivity contribution in [1.82, 2.24) is 9.88 Å². The van der Waals surface area contributed by atoms with Crippen molar-refractivity contribution in [3.8, 4) is 11.1 Å². The van der Waals surface area contributed by atoms with Gasteiger partial charge in [-0.25, -0.2) is 9.18 Å². The molecule has 0 amide bonds. The summed E-state index contributed by atoms with van der Waals surface area (Å²) < 4.78 is 25.7. The number of benzene rings is 2. The van der Waals surface area contributed by atoms with Gasteiger partial charge in [-0.2, -0.15) is 0 Å². The van der Waals surface area contributed by atoms with Crippen LogP contribution in [-0.2, 0) is 40.4 Å². The van der Waals surface area contributed by atoms with E-state index in [2.05, 4.69) is 41.8 Å². The van der Waals surface area contributed by atoms with Gasteiger partial charge >= 0.3 is 5.97 Å². The average Bonchev–Trinajstić information content (AvgIpc) is 2.97. The van der Waals surface area contributed by atoms with Crippen LogP contribution in [0.15, 0.2) is 36.4 Å². The summed E-state index contributed by atoms with van der Waals surface area (Å²) in [5, 5.41) is 10.6. The Hall–Kier alpha value is -3.33. The number of piperidine rings is 1. The van der Waals surface area contributed by atoms with E-state index in [1.54, 1.807) is 13.2 Å². The molecule has 1 fully saturated rings. The maximum absolute atomic E-state index is 13.7. The van der Waals surface area contributed by atoms with Crippen LogP contribution in [0.3, 0.4) is 0 Å². The molecule has 0 aliphatic carbocycles. The highest BCUT2D eigenvalue weighted by molar-refractivity contribution is 5.88. The fraction of sp³-hybridized carbons (Fsp3) is 0.526. The predicted molar refractivity (Wildman–Crippen MR) is 181 cm³/mol. The first kappa shape index (κ1) is 34.0. The molecule has 8 heteroatoms. The number of anilines is 1. The van der Waals surface area contributed by atoms with Crippen LogP contribution < -0.4 is 4.90 Å². The van der Waals surface area contributed by atoms with Crippen molar-refractivity contribution in [2.75, 3.05) is 31.6 Å². The van der Waals surface area contributed by atoms with Crippen molar-refractivity contribution in [1.29, 1.82) is 0 Å². The summed E-state index contributed by atoms with van der Waals surface area (Å²) in [7, 11) is 1.67. The summed E-state index contributed by atoms with van der Waals surface area (Å²) >= 11 is 0. The standard InChI is InChI=1S/C38H50FN3O4/c1-24-19-30(39)12-11-28(24)21-41-16-13-26-20-27(9-10-29(26)22-41)33-31(23-45-8)40-25(2)32(35(36(43)44)46-37(3,4)5)34(33)42-17-14-38(6,7)15-18-42/h9-12,19-20,35H,13-18,21-23H2,1-8H3,(H,43,44)/t35-/m0/s1. The largest absolute Gasteiger partial charge is 0.479 e. The van der Waals surface area contributed by atoms with Crippen molar-refractivity contribution in [3.63, 3.8) is 0 Å². The number of aromatic nitrogens is 1. The molecule has 0 radical (unpaired) electrons. The number of carboxylic acids is 1. The molecule has 248 valence electrons. The number of aliphatic carboxylic acids is 1. The Morgan fingerprint density at radius 1 is 1.07 bits per heavy atom. The van der Waals surface area contributed by atoms with Crippen LogP contribution in [-0.4, -0.2) is 53.3 Å². The number of nitrogens with zero attached hydrogens (tertiary/aromatic N) is 3. The number of fused-ring (bicyclic) bond motifs is 1. The number of methoxy groups -OCH3 is 1. The average molecular weight is 632 g/mol. The fourth-order valence-corrected chi connectivity index (χ4v) is 6.85. The number of hydrogen-bond acceptors (Lipinski definition) is 6. The third kappa shape index (κ3) is 7.62. The van der Waals surface area contributed by atoms with Crippen molar-refractivity contribution in [2.45, 2.75) is 99.1 Å². The molecule has 2 aromatic carbocycles. The molecule has 46 heavy (non-hydrogen) atoms. The highest BCUT2D eigenvalue weighted by Crippen LogP contribution is 2.45. The van der Waals surface area contributed by atoms with Gasteiger partial charge in [0.15, 0.2) is 6.10 Å². The molecule has 0 saturated carbocycles. The van der Waals surface area contributed by atoms with Gasteiger partial charge in [0.2, 0.25) is 0 Å². The van der Waals surface area contributed by atoms with Gasteiger partial charge in [0.05, 0.1) is 23.6 Å². The number of aryl methyl sites for hydroxylation is 2. The van der Waals surface area contributed by atoms with E-state index in [4.69, 9.17) is 14.5 Å². The molecule has 0 spiro atoms. The third-order valence-corrected chi connectivity index (χ3v) is 9.43. The third-order valence-electron chi connectivity index (χ3n) is 9.43. The Kier molecular flexibility index (Phi) is 9.92. The topological polar surface area (TPSA) is 75.1 Å². The molecule has 3 heterocycles. The van der Waals surface area contributed by atoms with Gasteiger partial charge in [-0.15, -0.1) is 0 Å². The van der Waals surface area contributed by atoms with Gasteiger partial charge in [-0.1, -0.05) is 38.1 Å². The van der Waals surface area contributed by atoms with Gasteiger partial charge in [0, 0.05) is 56.7 Å². The van der Waals surface area contributed by atoms with Crippen LogP contribution >= 0.6 is 0 Å². The number of halogens is 1. The quantitative estimate of drug-likeness (QED) is 0.259. The van der Waals surface area contributed by atoms with E-state index in [9.17, 15) is 14.3 Å².